The van der Waals surface area contributed by atoms with E-state index in [4.69, 9.17) is 4.74 Å². The summed E-state index contributed by atoms with van der Waals surface area (Å²) in [4.78, 5) is 1.08. The van der Waals surface area contributed by atoms with Gasteiger partial charge in [0.2, 0.25) is 0 Å². The van der Waals surface area contributed by atoms with Gasteiger partial charge in [0.25, 0.3) is 0 Å². The van der Waals surface area contributed by atoms with E-state index in [0.29, 0.717) is 6.61 Å². The van der Waals surface area contributed by atoms with Crippen LogP contribution in [0, 0.1) is 20.8 Å². The molecule has 0 atom stereocenters. The van der Waals surface area contributed by atoms with Crippen LogP contribution >= 0.6 is 0 Å². The summed E-state index contributed by atoms with van der Waals surface area (Å²) in [6.07, 6.45) is 1.84. The van der Waals surface area contributed by atoms with Gasteiger partial charge < -0.3 is 11.7 Å². The van der Waals surface area contributed by atoms with Crippen molar-refractivity contribution in [1.82, 2.24) is 0 Å². The summed E-state index contributed by atoms with van der Waals surface area (Å²) in [7, 11) is 0. The van der Waals surface area contributed by atoms with Crippen molar-refractivity contribution in [3.8, 4) is 5.75 Å². The smallest absolute Gasteiger partial charge is 0.151 e. The van der Waals surface area contributed by atoms with Crippen LogP contribution in [0.15, 0.2) is 47.9 Å². The Labute approximate surface area is 134 Å². The van der Waals surface area contributed by atoms with E-state index in [0.717, 1.165) is 32.9 Å². The largest absolute Gasteiger partial charge is 0.488 e. The molecule has 2 rings (SSSR count). The van der Waals surface area contributed by atoms with Crippen molar-refractivity contribution < 1.29 is 4.74 Å². The highest BCUT2D eigenvalue weighted by Gasteiger charge is 2.07. The molecule has 0 saturated carbocycles. The van der Waals surface area contributed by atoms with Crippen LogP contribution < -0.4 is 4.74 Å². The summed E-state index contributed by atoms with van der Waals surface area (Å²) in [5, 5.41) is 0. The van der Waals surface area contributed by atoms with Crippen molar-refractivity contribution >= 4 is 18.7 Å². The standard InChI is InChI=1S/C17H18OS.C2H5/c1-4-14-5-7-15(8-6-14)11-18-17-12(2)9-16(19)10-13(17)3;1-2/h4-10,19H,1,11H2,2-3H3;1H2,2H3/q;-1/p+1. The summed E-state index contributed by atoms with van der Waals surface area (Å²) in [5.74, 6) is 0.967. The van der Waals surface area contributed by atoms with Crippen molar-refractivity contribution in [3.63, 3.8) is 0 Å². The minimum atomic E-state index is 0.583. The predicted molar refractivity (Wildman–Crippen MR) is 96.2 cm³/mol. The fourth-order valence-electron chi connectivity index (χ4n) is 2.08. The van der Waals surface area contributed by atoms with Gasteiger partial charge >= 0.3 is 0 Å². The third-order valence-electron chi connectivity index (χ3n) is 3.06. The maximum atomic E-state index is 5.93. The molecule has 0 unspecified atom stereocenters. The van der Waals surface area contributed by atoms with E-state index < -0.39 is 0 Å². The molecular weight excluding hydrogens is 276 g/mol. The van der Waals surface area contributed by atoms with E-state index in [2.05, 4.69) is 64.2 Å². The first-order valence-electron chi connectivity index (χ1n) is 6.98. The molecule has 0 N–H and O–H groups in total. The number of benzene rings is 2. The molecule has 0 aliphatic heterocycles. The second-order valence-corrected chi connectivity index (χ2v) is 5.25. The van der Waals surface area contributed by atoms with Gasteiger partial charge in [-0.3, -0.25) is 0 Å². The highest BCUT2D eigenvalue weighted by molar-refractivity contribution is 7.58. The molecule has 2 aromatic carbocycles. The van der Waals surface area contributed by atoms with Crippen molar-refractivity contribution in [3.05, 3.63) is 72.2 Å². The molecule has 0 radical (unpaired) electrons. The summed E-state index contributed by atoms with van der Waals surface area (Å²) < 4.78 is 5.93. The van der Waals surface area contributed by atoms with Crippen LogP contribution in [0.5, 0.6) is 5.75 Å². The van der Waals surface area contributed by atoms with Gasteiger partial charge in [0.05, 0.1) is 0 Å². The van der Waals surface area contributed by atoms with Gasteiger partial charge in [-0.2, -0.15) is 6.92 Å². The van der Waals surface area contributed by atoms with E-state index >= 15 is 0 Å². The lowest BCUT2D eigenvalue weighted by molar-refractivity contribution is 0.301. The van der Waals surface area contributed by atoms with Crippen molar-refractivity contribution in [1.29, 1.82) is 0 Å². The monoisotopic (exact) mass is 300 g/mol. The van der Waals surface area contributed by atoms with Gasteiger partial charge in [-0.05, 0) is 60.9 Å². The zero-order valence-corrected chi connectivity index (χ0v) is 14.1. The Balaban J connectivity index is 0.00000106. The molecule has 0 spiro atoms. The average molecular weight is 300 g/mol. The first kappa shape index (κ1) is 17.4. The Morgan fingerprint density at radius 2 is 1.62 bits per heavy atom. The molecule has 112 valence electrons. The van der Waals surface area contributed by atoms with E-state index in [9.17, 15) is 0 Å². The first-order valence-corrected chi connectivity index (χ1v) is 7.48. The van der Waals surface area contributed by atoms with Crippen molar-refractivity contribution in [2.75, 3.05) is 0 Å². The molecule has 21 heavy (non-hydrogen) atoms. The third-order valence-corrected chi connectivity index (χ3v) is 3.35. The zero-order chi connectivity index (χ0) is 15.8. The van der Waals surface area contributed by atoms with Gasteiger partial charge in [-0.25, -0.2) is 0 Å². The summed E-state index contributed by atoms with van der Waals surface area (Å²) in [6, 6.07) is 12.4. The van der Waals surface area contributed by atoms with Crippen LogP contribution in [-0.4, -0.2) is 0 Å². The molecule has 1 nitrogen and oxygen atoms in total. The van der Waals surface area contributed by atoms with Crippen LogP contribution in [0.3, 0.4) is 0 Å². The molecule has 0 heterocycles. The van der Waals surface area contributed by atoms with E-state index in [1.165, 1.54) is 0 Å². The van der Waals surface area contributed by atoms with Crippen molar-refractivity contribution in [2.24, 2.45) is 0 Å². The Morgan fingerprint density at radius 1 is 1.10 bits per heavy atom. The highest BCUT2D eigenvalue weighted by atomic mass is 32.1. The molecule has 0 aliphatic carbocycles. The maximum absolute atomic E-state index is 5.93. The minimum Gasteiger partial charge on any atom is -0.488 e. The molecule has 0 fully saturated rings. The normalized spacial score (nSPS) is 9.57. The molecule has 0 aliphatic rings. The van der Waals surface area contributed by atoms with Gasteiger partial charge in [0, 0.05) is 0 Å². The van der Waals surface area contributed by atoms with Crippen LogP contribution in [0.4, 0.5) is 0 Å². The quantitative estimate of drug-likeness (QED) is 0.585. The Kier molecular flexibility index (Phi) is 7.10. The first-order chi connectivity index (χ1) is 10.1. The van der Waals surface area contributed by atoms with Gasteiger partial charge in [-0.1, -0.05) is 36.9 Å². The molecule has 0 bridgehead atoms. The molecular formula is C19H24OS. The number of hydrogen-bond acceptors (Lipinski definition) is 1. The lowest BCUT2D eigenvalue weighted by Crippen LogP contribution is -1.99. The molecule has 0 aromatic heterocycles. The Morgan fingerprint density at radius 3 is 2.10 bits per heavy atom. The third kappa shape index (κ3) is 4.98. The van der Waals surface area contributed by atoms with Crippen LogP contribution in [0.2, 0.25) is 0 Å². The zero-order valence-electron chi connectivity index (χ0n) is 13.1. The summed E-state index contributed by atoms with van der Waals surface area (Å²) in [6.45, 7) is 13.5. The maximum Gasteiger partial charge on any atom is 0.151 e. The summed E-state index contributed by atoms with van der Waals surface area (Å²) >= 11 is 3.55. The molecule has 0 saturated heterocycles. The molecule has 2 aromatic rings. The highest BCUT2D eigenvalue weighted by Crippen LogP contribution is 2.25. The second kappa shape index (κ2) is 8.58. The van der Waals surface area contributed by atoms with Crippen LogP contribution in [-0.2, 0) is 19.2 Å². The number of rotatable bonds is 4. The van der Waals surface area contributed by atoms with Gasteiger partial charge in [-0.15, -0.1) is 0 Å². The Bertz CT molecular complexity index is 562. The van der Waals surface area contributed by atoms with Crippen LogP contribution in [0.25, 0.3) is 6.08 Å². The lowest BCUT2D eigenvalue weighted by atomic mass is 10.1. The SMILES string of the molecule is C=Cc1ccc(COc2c(C)cc([SH2+])cc2C)cc1.[CH2-]C. The Hall–Kier alpha value is -1.67. The van der Waals surface area contributed by atoms with Gasteiger partial charge in [0.15, 0.2) is 4.90 Å². The predicted octanol–water partition coefficient (Wildman–Crippen LogP) is 4.74. The van der Waals surface area contributed by atoms with Crippen LogP contribution in [0.1, 0.15) is 29.2 Å². The summed E-state index contributed by atoms with van der Waals surface area (Å²) in [5.41, 5.74) is 4.58. The topological polar surface area (TPSA) is 9.23 Å². The number of aryl methyl sites for hydroxylation is 2. The van der Waals surface area contributed by atoms with E-state index in [1.807, 2.05) is 18.2 Å². The minimum absolute atomic E-state index is 0.583. The second-order valence-electron chi connectivity index (χ2n) is 4.67. The number of hydrogen-bond donors (Lipinski definition) is 0. The fraction of sp³-hybridized carbons (Fsp3) is 0.211. The van der Waals surface area contributed by atoms with Crippen molar-refractivity contribution in [2.45, 2.75) is 32.3 Å². The van der Waals surface area contributed by atoms with E-state index in [-0.39, 0.29) is 0 Å². The van der Waals surface area contributed by atoms with E-state index in [1.54, 1.807) is 6.92 Å². The molecule has 2 heteroatoms. The fourth-order valence-corrected chi connectivity index (χ4v) is 2.52. The average Bonchev–Trinajstić information content (AvgIpc) is 2.49. The lowest BCUT2D eigenvalue weighted by Gasteiger charge is -2.12. The van der Waals surface area contributed by atoms with Gasteiger partial charge in [0.1, 0.15) is 12.4 Å². The molecule has 0 amide bonds. The number of ether oxygens (including phenoxy) is 1.